The molecule has 180 valence electrons. The van der Waals surface area contributed by atoms with E-state index in [1.165, 1.54) is 7.11 Å². The number of carbonyl (C=O) groups is 3. The molecule has 0 spiro atoms. The summed E-state index contributed by atoms with van der Waals surface area (Å²) in [6.07, 6.45) is 1.55. The monoisotopic (exact) mass is 474 g/mol. The van der Waals surface area contributed by atoms with E-state index in [2.05, 4.69) is 10.4 Å². The number of amides is 1. The van der Waals surface area contributed by atoms with Crippen LogP contribution in [0.3, 0.4) is 0 Å². The van der Waals surface area contributed by atoms with Crippen molar-refractivity contribution in [2.75, 3.05) is 19.0 Å². The van der Waals surface area contributed by atoms with Gasteiger partial charge in [-0.1, -0.05) is 35.9 Å². The molecule has 0 saturated heterocycles. The Bertz CT molecular complexity index is 1420. The van der Waals surface area contributed by atoms with Crippen molar-refractivity contribution in [3.63, 3.8) is 0 Å². The third-order valence-corrected chi connectivity index (χ3v) is 5.69. The lowest BCUT2D eigenvalue weighted by molar-refractivity contribution is -0.147. The SMILES string of the molecule is COC(=O)c1cn(CC(=O)OCC(=O)Nc2c(C)nn(-c3ccc(C)cc3)c2C)c2ccccc12. The Morgan fingerprint density at radius 2 is 1.71 bits per heavy atom. The molecule has 0 atom stereocenters. The summed E-state index contributed by atoms with van der Waals surface area (Å²) in [4.78, 5) is 37.0. The molecular weight excluding hydrogens is 448 g/mol. The first-order chi connectivity index (χ1) is 16.8. The highest BCUT2D eigenvalue weighted by Crippen LogP contribution is 2.24. The summed E-state index contributed by atoms with van der Waals surface area (Å²) in [5.74, 6) is -1.58. The fourth-order valence-corrected chi connectivity index (χ4v) is 3.92. The number of nitrogens with one attached hydrogen (secondary N) is 1. The van der Waals surface area contributed by atoms with E-state index in [9.17, 15) is 14.4 Å². The van der Waals surface area contributed by atoms with E-state index in [0.717, 1.165) is 16.9 Å². The minimum absolute atomic E-state index is 0.159. The molecule has 2 heterocycles. The van der Waals surface area contributed by atoms with Crippen molar-refractivity contribution < 1.29 is 23.9 Å². The van der Waals surface area contributed by atoms with E-state index in [1.807, 2.05) is 38.1 Å². The molecule has 0 fully saturated rings. The maximum absolute atomic E-state index is 12.5. The van der Waals surface area contributed by atoms with Crippen LogP contribution in [0.15, 0.2) is 54.7 Å². The minimum Gasteiger partial charge on any atom is -0.465 e. The molecule has 0 unspecified atom stereocenters. The molecule has 0 radical (unpaired) electrons. The summed E-state index contributed by atoms with van der Waals surface area (Å²) in [7, 11) is 1.30. The number of methoxy groups -OCH3 is 1. The van der Waals surface area contributed by atoms with Gasteiger partial charge in [-0.2, -0.15) is 5.10 Å². The van der Waals surface area contributed by atoms with Crippen LogP contribution in [0.25, 0.3) is 16.6 Å². The van der Waals surface area contributed by atoms with Crippen LogP contribution in [0.2, 0.25) is 0 Å². The Balaban J connectivity index is 1.41. The highest BCUT2D eigenvalue weighted by atomic mass is 16.5. The molecule has 2 aromatic heterocycles. The number of esters is 2. The number of aromatic nitrogens is 3. The van der Waals surface area contributed by atoms with Crippen molar-refractivity contribution in [2.45, 2.75) is 27.3 Å². The molecule has 0 aliphatic heterocycles. The van der Waals surface area contributed by atoms with Crippen LogP contribution < -0.4 is 5.32 Å². The highest BCUT2D eigenvalue weighted by Gasteiger charge is 2.19. The average Bonchev–Trinajstić information content (AvgIpc) is 3.35. The second kappa shape index (κ2) is 9.84. The number of hydrogen-bond acceptors (Lipinski definition) is 6. The first-order valence-corrected chi connectivity index (χ1v) is 11.0. The quantitative estimate of drug-likeness (QED) is 0.410. The van der Waals surface area contributed by atoms with Crippen molar-refractivity contribution in [3.05, 3.63) is 77.2 Å². The maximum Gasteiger partial charge on any atom is 0.340 e. The first kappa shape index (κ1) is 23.7. The Kier molecular flexibility index (Phi) is 6.68. The van der Waals surface area contributed by atoms with Crippen molar-refractivity contribution in [1.82, 2.24) is 14.3 Å². The van der Waals surface area contributed by atoms with Crippen LogP contribution in [0.1, 0.15) is 27.3 Å². The number of fused-ring (bicyclic) bond motifs is 1. The third kappa shape index (κ3) is 4.93. The summed E-state index contributed by atoms with van der Waals surface area (Å²) in [6, 6.07) is 15.1. The van der Waals surface area contributed by atoms with Gasteiger partial charge in [-0.25, -0.2) is 9.48 Å². The zero-order chi connectivity index (χ0) is 25.1. The molecule has 4 aromatic rings. The van der Waals surface area contributed by atoms with Crippen LogP contribution in [0, 0.1) is 20.8 Å². The molecule has 0 bridgehead atoms. The van der Waals surface area contributed by atoms with Crippen molar-refractivity contribution in [1.29, 1.82) is 0 Å². The number of benzene rings is 2. The van der Waals surface area contributed by atoms with Crippen molar-refractivity contribution in [3.8, 4) is 5.69 Å². The number of ether oxygens (including phenoxy) is 2. The Morgan fingerprint density at radius 1 is 1.00 bits per heavy atom. The second-order valence-corrected chi connectivity index (χ2v) is 8.18. The van der Waals surface area contributed by atoms with E-state index in [0.29, 0.717) is 27.8 Å². The van der Waals surface area contributed by atoms with E-state index in [1.54, 1.807) is 46.6 Å². The number of rotatable bonds is 7. The lowest BCUT2D eigenvalue weighted by atomic mass is 10.2. The van der Waals surface area contributed by atoms with Crippen LogP contribution in [0.5, 0.6) is 0 Å². The highest BCUT2D eigenvalue weighted by molar-refractivity contribution is 6.04. The topological polar surface area (TPSA) is 104 Å². The van der Waals surface area contributed by atoms with Gasteiger partial charge < -0.3 is 19.4 Å². The summed E-state index contributed by atoms with van der Waals surface area (Å²) < 4.78 is 13.4. The zero-order valence-electron chi connectivity index (χ0n) is 20.0. The smallest absolute Gasteiger partial charge is 0.340 e. The number of aryl methyl sites for hydroxylation is 2. The Morgan fingerprint density at radius 3 is 2.43 bits per heavy atom. The second-order valence-electron chi connectivity index (χ2n) is 8.18. The number of anilines is 1. The van der Waals surface area contributed by atoms with Gasteiger partial charge in [-0.3, -0.25) is 9.59 Å². The van der Waals surface area contributed by atoms with Gasteiger partial charge in [0.05, 0.1) is 35.4 Å². The summed E-state index contributed by atoms with van der Waals surface area (Å²) >= 11 is 0. The molecule has 9 nitrogen and oxygen atoms in total. The minimum atomic E-state index is -0.610. The molecule has 0 saturated carbocycles. The molecule has 9 heteroatoms. The van der Waals surface area contributed by atoms with Crippen molar-refractivity contribution in [2.24, 2.45) is 0 Å². The lowest BCUT2D eigenvalue weighted by Crippen LogP contribution is -2.23. The van der Waals surface area contributed by atoms with E-state index < -0.39 is 24.5 Å². The van der Waals surface area contributed by atoms with Gasteiger partial charge in [0.25, 0.3) is 5.91 Å². The van der Waals surface area contributed by atoms with Gasteiger partial charge in [0.1, 0.15) is 6.54 Å². The summed E-state index contributed by atoms with van der Waals surface area (Å²) in [5, 5.41) is 7.98. The predicted octanol–water partition coefficient (Wildman–Crippen LogP) is 3.72. The van der Waals surface area contributed by atoms with Gasteiger partial charge in [0.15, 0.2) is 6.61 Å². The normalized spacial score (nSPS) is 10.9. The van der Waals surface area contributed by atoms with E-state index in [4.69, 9.17) is 9.47 Å². The van der Waals surface area contributed by atoms with Crippen LogP contribution >= 0.6 is 0 Å². The van der Waals surface area contributed by atoms with Crippen LogP contribution in [-0.2, 0) is 25.6 Å². The Hall–Kier alpha value is -4.40. The molecular formula is C26H26N4O5. The summed E-state index contributed by atoms with van der Waals surface area (Å²) in [5.41, 5.74) is 5.05. The van der Waals surface area contributed by atoms with Gasteiger partial charge >= 0.3 is 11.9 Å². The van der Waals surface area contributed by atoms with E-state index in [-0.39, 0.29) is 6.54 Å². The van der Waals surface area contributed by atoms with Crippen LogP contribution in [0.4, 0.5) is 5.69 Å². The molecule has 0 aliphatic carbocycles. The zero-order valence-corrected chi connectivity index (χ0v) is 20.0. The average molecular weight is 475 g/mol. The molecule has 2 aromatic carbocycles. The number of carbonyl (C=O) groups excluding carboxylic acids is 3. The summed E-state index contributed by atoms with van der Waals surface area (Å²) in [6.45, 7) is 5.06. The molecule has 1 N–H and O–H groups in total. The first-order valence-electron chi connectivity index (χ1n) is 11.0. The standard InChI is InChI=1S/C26H26N4O5/c1-16-9-11-19(12-10-16)30-18(3)25(17(2)28-30)27-23(31)15-35-24(32)14-29-13-21(26(33)34-4)20-7-5-6-8-22(20)29/h5-13H,14-15H2,1-4H3,(H,27,31). The van der Waals surface area contributed by atoms with E-state index >= 15 is 0 Å². The maximum atomic E-state index is 12.5. The van der Waals surface area contributed by atoms with Gasteiger partial charge in [0.2, 0.25) is 0 Å². The Labute approximate surface area is 202 Å². The fourth-order valence-electron chi connectivity index (χ4n) is 3.92. The van der Waals surface area contributed by atoms with Gasteiger partial charge in [-0.05, 0) is 39.0 Å². The number of hydrogen-bond donors (Lipinski definition) is 1. The number of para-hydroxylation sites is 1. The largest absolute Gasteiger partial charge is 0.465 e. The van der Waals surface area contributed by atoms with Gasteiger partial charge in [0, 0.05) is 17.1 Å². The van der Waals surface area contributed by atoms with Crippen molar-refractivity contribution >= 4 is 34.4 Å². The number of nitrogens with zero attached hydrogens (tertiary/aromatic N) is 3. The van der Waals surface area contributed by atoms with Crippen LogP contribution in [-0.4, -0.2) is 45.9 Å². The molecule has 4 rings (SSSR count). The van der Waals surface area contributed by atoms with Gasteiger partial charge in [-0.15, -0.1) is 0 Å². The third-order valence-electron chi connectivity index (χ3n) is 5.69. The predicted molar refractivity (Wildman–Crippen MR) is 131 cm³/mol. The fraction of sp³-hybridized carbons (Fsp3) is 0.231. The molecule has 1 amide bonds. The lowest BCUT2D eigenvalue weighted by Gasteiger charge is -2.09. The molecule has 0 aliphatic rings. The molecule has 35 heavy (non-hydrogen) atoms.